The van der Waals surface area contributed by atoms with Crippen LogP contribution in [0.5, 0.6) is 0 Å². The van der Waals surface area contributed by atoms with E-state index in [0.29, 0.717) is 0 Å². The molecule has 0 unspecified atom stereocenters. The Morgan fingerprint density at radius 3 is 2.62 bits per heavy atom. The van der Waals surface area contributed by atoms with Crippen LogP contribution in [0, 0.1) is 5.82 Å². The van der Waals surface area contributed by atoms with E-state index >= 15 is 0 Å². The summed E-state index contributed by atoms with van der Waals surface area (Å²) in [4.78, 5) is 4.13. The lowest BCUT2D eigenvalue weighted by Crippen LogP contribution is -1.83. The smallest absolute Gasteiger partial charge is 0.123 e. The standard InChI is InChI=1S/C12H8FN3/c13-10-3-1-8(2-4-10)11-7-14-5-9-6-15-16-12(9)11/h1-7H,(H,15,16). The molecule has 0 radical (unpaired) electrons. The highest BCUT2D eigenvalue weighted by Crippen LogP contribution is 2.25. The highest BCUT2D eigenvalue weighted by atomic mass is 19.1. The van der Waals surface area contributed by atoms with Crippen LogP contribution >= 0.6 is 0 Å². The van der Waals surface area contributed by atoms with E-state index in [1.165, 1.54) is 12.1 Å². The van der Waals surface area contributed by atoms with Crippen molar-refractivity contribution in [2.24, 2.45) is 0 Å². The summed E-state index contributed by atoms with van der Waals surface area (Å²) >= 11 is 0. The number of nitrogens with zero attached hydrogens (tertiary/aromatic N) is 2. The minimum Gasteiger partial charge on any atom is -0.277 e. The molecule has 0 amide bonds. The molecule has 16 heavy (non-hydrogen) atoms. The number of hydrogen-bond acceptors (Lipinski definition) is 2. The Morgan fingerprint density at radius 2 is 1.81 bits per heavy atom. The quantitative estimate of drug-likeness (QED) is 0.675. The van der Waals surface area contributed by atoms with Gasteiger partial charge < -0.3 is 0 Å². The van der Waals surface area contributed by atoms with Gasteiger partial charge in [-0.15, -0.1) is 0 Å². The second kappa shape index (κ2) is 3.41. The lowest BCUT2D eigenvalue weighted by molar-refractivity contribution is 0.628. The van der Waals surface area contributed by atoms with Crippen molar-refractivity contribution in [1.82, 2.24) is 15.2 Å². The number of benzene rings is 1. The Hall–Kier alpha value is -2.23. The minimum absolute atomic E-state index is 0.242. The molecular formula is C12H8FN3. The maximum absolute atomic E-state index is 12.8. The van der Waals surface area contributed by atoms with E-state index in [1.807, 2.05) is 0 Å². The zero-order valence-electron chi connectivity index (χ0n) is 8.31. The summed E-state index contributed by atoms with van der Waals surface area (Å²) in [6.45, 7) is 0. The molecule has 2 heterocycles. The summed E-state index contributed by atoms with van der Waals surface area (Å²) in [5.41, 5.74) is 2.76. The van der Waals surface area contributed by atoms with E-state index in [9.17, 15) is 4.39 Å². The van der Waals surface area contributed by atoms with Crippen molar-refractivity contribution < 1.29 is 4.39 Å². The lowest BCUT2D eigenvalue weighted by atomic mass is 10.1. The van der Waals surface area contributed by atoms with Crippen LogP contribution in [0.15, 0.2) is 42.9 Å². The zero-order chi connectivity index (χ0) is 11.0. The third kappa shape index (κ3) is 1.35. The number of nitrogens with one attached hydrogen (secondary N) is 1. The van der Waals surface area contributed by atoms with E-state index in [-0.39, 0.29) is 5.82 Å². The first kappa shape index (κ1) is 9.03. The fraction of sp³-hybridized carbons (Fsp3) is 0. The van der Waals surface area contributed by atoms with Gasteiger partial charge in [0.15, 0.2) is 0 Å². The number of rotatable bonds is 1. The molecule has 4 heteroatoms. The molecule has 0 aliphatic rings. The molecule has 2 aromatic heterocycles. The van der Waals surface area contributed by atoms with E-state index in [4.69, 9.17) is 0 Å². The van der Waals surface area contributed by atoms with Crippen molar-refractivity contribution in [3.63, 3.8) is 0 Å². The van der Waals surface area contributed by atoms with E-state index in [1.54, 1.807) is 30.7 Å². The van der Waals surface area contributed by atoms with E-state index in [0.717, 1.165) is 22.0 Å². The van der Waals surface area contributed by atoms with Crippen molar-refractivity contribution in [2.75, 3.05) is 0 Å². The van der Waals surface area contributed by atoms with E-state index < -0.39 is 0 Å². The Labute approximate surface area is 91.0 Å². The van der Waals surface area contributed by atoms with Crippen molar-refractivity contribution >= 4 is 10.9 Å². The second-order valence-corrected chi connectivity index (χ2v) is 3.53. The second-order valence-electron chi connectivity index (χ2n) is 3.53. The lowest BCUT2D eigenvalue weighted by Gasteiger charge is -2.01. The highest BCUT2D eigenvalue weighted by Gasteiger charge is 2.05. The van der Waals surface area contributed by atoms with Crippen molar-refractivity contribution in [2.45, 2.75) is 0 Å². The number of halogens is 1. The molecule has 3 aromatic rings. The molecule has 0 saturated heterocycles. The SMILES string of the molecule is Fc1ccc(-c2cncc3cn[nH]c23)cc1. The molecule has 0 fully saturated rings. The van der Waals surface area contributed by atoms with Crippen LogP contribution in [-0.4, -0.2) is 15.2 Å². The summed E-state index contributed by atoms with van der Waals surface area (Å²) in [5.74, 6) is -0.242. The van der Waals surface area contributed by atoms with Gasteiger partial charge in [-0.3, -0.25) is 10.1 Å². The van der Waals surface area contributed by atoms with Crippen LogP contribution in [0.3, 0.4) is 0 Å². The molecule has 3 nitrogen and oxygen atoms in total. The van der Waals surface area contributed by atoms with Gasteiger partial charge in [-0.25, -0.2) is 4.39 Å². The average molecular weight is 213 g/mol. The van der Waals surface area contributed by atoms with Gasteiger partial charge in [-0.05, 0) is 17.7 Å². The fourth-order valence-electron chi connectivity index (χ4n) is 1.71. The fourth-order valence-corrected chi connectivity index (χ4v) is 1.71. The van der Waals surface area contributed by atoms with Crippen molar-refractivity contribution in [3.8, 4) is 11.1 Å². The summed E-state index contributed by atoms with van der Waals surface area (Å²) in [7, 11) is 0. The van der Waals surface area contributed by atoms with Gasteiger partial charge in [0.05, 0.1) is 11.7 Å². The maximum atomic E-state index is 12.8. The van der Waals surface area contributed by atoms with Gasteiger partial charge in [-0.2, -0.15) is 5.10 Å². The van der Waals surface area contributed by atoms with Crippen LogP contribution < -0.4 is 0 Å². The summed E-state index contributed by atoms with van der Waals surface area (Å²) in [5, 5.41) is 7.83. The number of hydrogen-bond donors (Lipinski definition) is 1. The molecule has 0 aliphatic carbocycles. The Balaban J connectivity index is 2.25. The van der Waals surface area contributed by atoms with Gasteiger partial charge in [0.25, 0.3) is 0 Å². The normalized spacial score (nSPS) is 10.8. The molecule has 78 valence electrons. The van der Waals surface area contributed by atoms with Gasteiger partial charge in [0.2, 0.25) is 0 Å². The molecule has 0 bridgehead atoms. The Kier molecular flexibility index (Phi) is 1.93. The molecule has 0 aliphatic heterocycles. The summed E-state index contributed by atoms with van der Waals surface area (Å²) in [6.07, 6.45) is 5.20. The van der Waals surface area contributed by atoms with Gasteiger partial charge >= 0.3 is 0 Å². The predicted molar refractivity (Wildman–Crippen MR) is 59.3 cm³/mol. The number of H-pyrrole nitrogens is 1. The zero-order valence-corrected chi connectivity index (χ0v) is 8.31. The van der Waals surface area contributed by atoms with Crippen LogP contribution in [0.1, 0.15) is 0 Å². The minimum atomic E-state index is -0.242. The third-order valence-corrected chi connectivity index (χ3v) is 2.51. The number of aromatic nitrogens is 3. The van der Waals surface area contributed by atoms with Gasteiger partial charge in [-0.1, -0.05) is 12.1 Å². The van der Waals surface area contributed by atoms with Crippen LogP contribution in [0.25, 0.3) is 22.0 Å². The number of pyridine rings is 1. The molecule has 1 aromatic carbocycles. The number of fused-ring (bicyclic) bond motifs is 1. The molecule has 0 atom stereocenters. The Bertz CT molecular complexity index is 628. The van der Waals surface area contributed by atoms with Crippen LogP contribution in [-0.2, 0) is 0 Å². The first-order valence-electron chi connectivity index (χ1n) is 4.87. The molecule has 3 rings (SSSR count). The highest BCUT2D eigenvalue weighted by molar-refractivity contribution is 5.92. The topological polar surface area (TPSA) is 41.6 Å². The summed E-state index contributed by atoms with van der Waals surface area (Å²) < 4.78 is 12.8. The first-order chi connectivity index (χ1) is 7.84. The first-order valence-corrected chi connectivity index (χ1v) is 4.87. The third-order valence-electron chi connectivity index (χ3n) is 2.51. The average Bonchev–Trinajstić information content (AvgIpc) is 2.78. The van der Waals surface area contributed by atoms with Crippen molar-refractivity contribution in [3.05, 3.63) is 48.7 Å². The van der Waals surface area contributed by atoms with Gasteiger partial charge in [0, 0.05) is 23.3 Å². The monoisotopic (exact) mass is 213 g/mol. The molecule has 0 saturated carbocycles. The van der Waals surface area contributed by atoms with Crippen molar-refractivity contribution in [1.29, 1.82) is 0 Å². The Morgan fingerprint density at radius 1 is 1.00 bits per heavy atom. The predicted octanol–water partition coefficient (Wildman–Crippen LogP) is 2.76. The van der Waals surface area contributed by atoms with Crippen LogP contribution in [0.2, 0.25) is 0 Å². The van der Waals surface area contributed by atoms with Crippen LogP contribution in [0.4, 0.5) is 4.39 Å². The van der Waals surface area contributed by atoms with E-state index in [2.05, 4.69) is 15.2 Å². The molecular weight excluding hydrogens is 205 g/mol. The maximum Gasteiger partial charge on any atom is 0.123 e. The summed E-state index contributed by atoms with van der Waals surface area (Å²) in [6, 6.07) is 6.33. The largest absolute Gasteiger partial charge is 0.277 e. The molecule has 0 spiro atoms. The number of aromatic amines is 1. The van der Waals surface area contributed by atoms with Gasteiger partial charge in [0.1, 0.15) is 5.82 Å². The molecule has 1 N–H and O–H groups in total.